The summed E-state index contributed by atoms with van der Waals surface area (Å²) in [6.07, 6.45) is 4.15. The molecule has 1 atom stereocenters. The Morgan fingerprint density at radius 1 is 1.50 bits per heavy atom. The number of amides is 1. The highest BCUT2D eigenvalue weighted by atomic mass is 16.3. The lowest BCUT2D eigenvalue weighted by molar-refractivity contribution is -0.118. The van der Waals surface area contributed by atoms with Crippen LogP contribution in [0.3, 0.4) is 0 Å². The molecule has 0 saturated heterocycles. The molecular weight excluding hydrogens is 208 g/mol. The minimum Gasteiger partial charge on any atom is -0.479 e. The van der Waals surface area contributed by atoms with Crippen molar-refractivity contribution in [1.82, 2.24) is 9.97 Å². The molecule has 0 spiro atoms. The van der Waals surface area contributed by atoms with E-state index < -0.39 is 11.8 Å². The van der Waals surface area contributed by atoms with Crippen LogP contribution in [0.2, 0.25) is 0 Å². The number of hydrogen-bond donors (Lipinski definition) is 1. The lowest BCUT2D eigenvalue weighted by atomic mass is 10.0. The molecule has 6 heteroatoms. The van der Waals surface area contributed by atoms with Gasteiger partial charge in [-0.2, -0.15) is 10.2 Å². The molecule has 78 valence electrons. The van der Waals surface area contributed by atoms with Gasteiger partial charge in [-0.05, 0) is 12.1 Å². The Morgan fingerprint density at radius 2 is 2.31 bits per heavy atom. The van der Waals surface area contributed by atoms with Gasteiger partial charge in [-0.25, -0.2) is 9.98 Å². The van der Waals surface area contributed by atoms with Crippen LogP contribution >= 0.6 is 0 Å². The van der Waals surface area contributed by atoms with E-state index in [1.54, 1.807) is 6.07 Å². The molecule has 0 fully saturated rings. The van der Waals surface area contributed by atoms with Gasteiger partial charge >= 0.3 is 6.01 Å². The summed E-state index contributed by atoms with van der Waals surface area (Å²) >= 11 is 0. The van der Waals surface area contributed by atoms with Crippen molar-refractivity contribution in [2.45, 2.75) is 0 Å². The van der Waals surface area contributed by atoms with Crippen LogP contribution in [0.15, 0.2) is 23.3 Å². The summed E-state index contributed by atoms with van der Waals surface area (Å²) in [6, 6.07) is 3.02. The summed E-state index contributed by atoms with van der Waals surface area (Å²) in [4.78, 5) is 22.0. The maximum absolute atomic E-state index is 11.1. The molecule has 1 aromatic heterocycles. The second-order valence-electron chi connectivity index (χ2n) is 3.07. The van der Waals surface area contributed by atoms with Gasteiger partial charge in [0.05, 0.1) is 11.8 Å². The normalized spacial score (nSPS) is 19.1. The van der Waals surface area contributed by atoms with Crippen LogP contribution in [-0.4, -0.2) is 27.2 Å². The van der Waals surface area contributed by atoms with Gasteiger partial charge in [-0.1, -0.05) is 0 Å². The molecule has 1 aliphatic rings. The van der Waals surface area contributed by atoms with Crippen molar-refractivity contribution in [2.75, 3.05) is 0 Å². The fraction of sp³-hybridized carbons (Fsp3) is 0.100. The van der Waals surface area contributed by atoms with E-state index >= 15 is 0 Å². The Bertz CT molecular complexity index is 542. The summed E-state index contributed by atoms with van der Waals surface area (Å²) < 4.78 is 0. The van der Waals surface area contributed by atoms with Crippen LogP contribution in [0.25, 0.3) is 5.57 Å². The third kappa shape index (κ3) is 1.79. The van der Waals surface area contributed by atoms with E-state index in [9.17, 15) is 4.79 Å². The van der Waals surface area contributed by atoms with Crippen molar-refractivity contribution in [3.8, 4) is 12.1 Å². The molecule has 2 heterocycles. The molecule has 1 unspecified atom stereocenters. The first-order valence-electron chi connectivity index (χ1n) is 4.42. The van der Waals surface area contributed by atoms with Gasteiger partial charge in [0.1, 0.15) is 5.92 Å². The van der Waals surface area contributed by atoms with E-state index in [-0.39, 0.29) is 6.01 Å². The molecule has 6 nitrogen and oxygen atoms in total. The van der Waals surface area contributed by atoms with Gasteiger partial charge in [-0.15, -0.1) is 0 Å². The number of rotatable bonds is 1. The van der Waals surface area contributed by atoms with E-state index in [4.69, 9.17) is 10.4 Å². The third-order valence-electron chi connectivity index (χ3n) is 2.02. The minimum atomic E-state index is -0.892. The van der Waals surface area contributed by atoms with Crippen LogP contribution in [-0.2, 0) is 4.79 Å². The van der Waals surface area contributed by atoms with Crippen molar-refractivity contribution in [3.63, 3.8) is 0 Å². The Hall–Kier alpha value is -2.55. The van der Waals surface area contributed by atoms with Gasteiger partial charge in [0.25, 0.3) is 5.91 Å². The van der Waals surface area contributed by atoms with Gasteiger partial charge in [0.2, 0.25) is 0 Å². The van der Waals surface area contributed by atoms with E-state index in [1.807, 2.05) is 6.07 Å². The largest absolute Gasteiger partial charge is 0.479 e. The fourth-order valence-corrected chi connectivity index (χ4v) is 1.26. The smallest absolute Gasteiger partial charge is 0.314 e. The second-order valence-corrected chi connectivity index (χ2v) is 3.07. The van der Waals surface area contributed by atoms with Crippen LogP contribution in [0.1, 0.15) is 5.69 Å². The number of hydrogen-bond acceptors (Lipinski definition) is 5. The topological polar surface area (TPSA) is 99.2 Å². The molecule has 1 amide bonds. The SMILES string of the molecule is N#CC1C=C(c2ccnc(O)n2)C=NC1=O. The zero-order valence-corrected chi connectivity index (χ0v) is 8.03. The zero-order valence-electron chi connectivity index (χ0n) is 8.03. The van der Waals surface area contributed by atoms with Gasteiger partial charge in [0, 0.05) is 18.0 Å². The number of carbonyl (C=O) groups excluding carboxylic acids is 1. The first kappa shape index (κ1) is 9.98. The maximum atomic E-state index is 11.1. The molecule has 0 aliphatic carbocycles. The monoisotopic (exact) mass is 214 g/mol. The number of nitriles is 1. The van der Waals surface area contributed by atoms with E-state index in [2.05, 4.69) is 15.0 Å². The lowest BCUT2D eigenvalue weighted by Crippen LogP contribution is -2.13. The first-order valence-corrected chi connectivity index (χ1v) is 4.42. The Labute approximate surface area is 90.6 Å². The quantitative estimate of drug-likeness (QED) is 0.725. The molecule has 0 aromatic carbocycles. The summed E-state index contributed by atoms with van der Waals surface area (Å²) in [5, 5.41) is 17.8. The molecule has 1 aliphatic heterocycles. The van der Waals surface area contributed by atoms with Crippen molar-refractivity contribution < 1.29 is 9.90 Å². The summed E-state index contributed by atoms with van der Waals surface area (Å²) in [6.45, 7) is 0. The number of allylic oxidation sites excluding steroid dienone is 1. The molecule has 0 bridgehead atoms. The van der Waals surface area contributed by atoms with Crippen molar-refractivity contribution in [2.24, 2.45) is 10.9 Å². The molecule has 1 aromatic rings. The van der Waals surface area contributed by atoms with E-state index in [0.717, 1.165) is 0 Å². The van der Waals surface area contributed by atoms with Crippen molar-refractivity contribution in [3.05, 3.63) is 24.0 Å². The zero-order chi connectivity index (χ0) is 11.5. The lowest BCUT2D eigenvalue weighted by Gasteiger charge is -2.08. The van der Waals surface area contributed by atoms with Crippen LogP contribution in [0.4, 0.5) is 0 Å². The van der Waals surface area contributed by atoms with Gasteiger partial charge < -0.3 is 5.11 Å². The average molecular weight is 214 g/mol. The predicted molar refractivity (Wildman–Crippen MR) is 54.3 cm³/mol. The van der Waals surface area contributed by atoms with Crippen LogP contribution < -0.4 is 0 Å². The highest BCUT2D eigenvalue weighted by molar-refractivity contribution is 6.16. The number of dihydropyridines is 1. The van der Waals surface area contributed by atoms with Gasteiger partial charge in [-0.3, -0.25) is 4.79 Å². The molecular formula is C10H6N4O2. The summed E-state index contributed by atoms with van der Waals surface area (Å²) in [5.41, 5.74) is 0.938. The summed E-state index contributed by atoms with van der Waals surface area (Å²) in [7, 11) is 0. The number of carbonyl (C=O) groups is 1. The Balaban J connectivity index is 2.40. The highest BCUT2D eigenvalue weighted by Crippen LogP contribution is 2.18. The third-order valence-corrected chi connectivity index (χ3v) is 2.02. The summed E-state index contributed by atoms with van der Waals surface area (Å²) in [5.74, 6) is -1.39. The number of aromatic hydroxyl groups is 1. The molecule has 0 saturated carbocycles. The number of aromatic nitrogens is 2. The number of aliphatic imine (C=N–C) groups is 1. The molecule has 0 radical (unpaired) electrons. The minimum absolute atomic E-state index is 0.364. The van der Waals surface area contributed by atoms with Crippen LogP contribution in [0.5, 0.6) is 6.01 Å². The van der Waals surface area contributed by atoms with Crippen molar-refractivity contribution in [1.29, 1.82) is 5.26 Å². The van der Waals surface area contributed by atoms with Gasteiger partial charge in [0.15, 0.2) is 0 Å². The maximum Gasteiger partial charge on any atom is 0.314 e. The Kier molecular flexibility index (Phi) is 2.44. The van der Waals surface area contributed by atoms with E-state index in [1.165, 1.54) is 18.5 Å². The van der Waals surface area contributed by atoms with E-state index in [0.29, 0.717) is 11.3 Å². The first-order chi connectivity index (χ1) is 7.70. The number of nitrogens with zero attached hydrogens (tertiary/aromatic N) is 4. The van der Waals surface area contributed by atoms with Crippen molar-refractivity contribution >= 4 is 17.7 Å². The standard InChI is InChI=1S/C10H6N4O2/c11-4-6-3-7(5-13-9(6)15)8-1-2-12-10(16)14-8/h1-3,5-6H,(H,12,14,16). The molecule has 2 rings (SSSR count). The molecule has 1 N–H and O–H groups in total. The fourth-order valence-electron chi connectivity index (χ4n) is 1.26. The second kappa shape index (κ2) is 3.90. The van der Waals surface area contributed by atoms with Crippen LogP contribution in [0, 0.1) is 17.2 Å². The Morgan fingerprint density at radius 3 is 3.00 bits per heavy atom. The average Bonchev–Trinajstić information content (AvgIpc) is 2.29. The highest BCUT2D eigenvalue weighted by Gasteiger charge is 2.19. The molecule has 16 heavy (non-hydrogen) atoms. The predicted octanol–water partition coefficient (Wildman–Crippen LogP) is 0.316.